The first kappa shape index (κ1) is 60.7. The van der Waals surface area contributed by atoms with E-state index >= 15 is 0 Å². The summed E-state index contributed by atoms with van der Waals surface area (Å²) in [6.45, 7) is 18.1. The second kappa shape index (κ2) is 26.5. The highest BCUT2D eigenvalue weighted by Crippen LogP contribution is 2.45. The van der Waals surface area contributed by atoms with E-state index in [1.807, 2.05) is 32.9 Å². The Kier molecular flexibility index (Phi) is 22.4. The van der Waals surface area contributed by atoms with Crippen LogP contribution in [0.3, 0.4) is 0 Å². The van der Waals surface area contributed by atoms with Gasteiger partial charge in [0.1, 0.15) is 46.7 Å². The van der Waals surface area contributed by atoms with Crippen LogP contribution in [0.2, 0.25) is 10.0 Å². The molecule has 2 fully saturated rings. The van der Waals surface area contributed by atoms with Gasteiger partial charge in [-0.2, -0.15) is 0 Å². The molecule has 72 heavy (non-hydrogen) atoms. The Morgan fingerprint density at radius 2 is 1.57 bits per heavy atom. The fraction of sp³-hybridized carbons (Fsp3) is 0.635. The van der Waals surface area contributed by atoms with E-state index in [2.05, 4.69) is 0 Å². The van der Waals surface area contributed by atoms with Crippen LogP contribution in [0.1, 0.15) is 111 Å². The molecule has 1 aromatic carbocycles. The zero-order valence-corrected chi connectivity index (χ0v) is 44.5. The van der Waals surface area contributed by atoms with Gasteiger partial charge in [0.05, 0.1) is 47.5 Å². The average Bonchev–Trinajstić information content (AvgIpc) is 3.32. The van der Waals surface area contributed by atoms with E-state index in [0.29, 0.717) is 23.1 Å². The summed E-state index contributed by atoms with van der Waals surface area (Å²) in [4.78, 5) is 40.0. The molecule has 0 radical (unpaired) electrons. The van der Waals surface area contributed by atoms with Crippen LogP contribution in [0.25, 0.3) is 0 Å². The number of rotatable bonds is 13. The smallest absolute Gasteiger partial charge is 0.342 e. The van der Waals surface area contributed by atoms with E-state index in [1.54, 1.807) is 53.7 Å². The van der Waals surface area contributed by atoms with Crippen LogP contribution in [0, 0.1) is 11.8 Å². The molecule has 0 aromatic heterocycles. The van der Waals surface area contributed by atoms with Gasteiger partial charge in [0.2, 0.25) is 0 Å². The van der Waals surface area contributed by atoms with E-state index < -0.39 is 144 Å². The van der Waals surface area contributed by atoms with Gasteiger partial charge < -0.3 is 73.6 Å². The van der Waals surface area contributed by atoms with Crippen molar-refractivity contribution in [3.8, 4) is 11.5 Å². The predicted molar refractivity (Wildman–Crippen MR) is 265 cm³/mol. The first-order valence-corrected chi connectivity index (χ1v) is 24.9. The van der Waals surface area contributed by atoms with E-state index in [-0.39, 0.29) is 35.4 Å². The number of carbonyl (C=O) groups excluding carboxylic acids is 3. The second-order valence-electron chi connectivity index (χ2n) is 19.4. The summed E-state index contributed by atoms with van der Waals surface area (Å²) in [6, 6.07) is 0. The zero-order chi connectivity index (χ0) is 54.1. The number of esters is 3. The minimum Gasteiger partial charge on any atom is -0.505 e. The molecule has 14 atom stereocenters. The maximum atomic E-state index is 13.9. The lowest BCUT2D eigenvalue weighted by Crippen LogP contribution is -2.64. The second-order valence-corrected chi connectivity index (χ2v) is 20.1. The fourth-order valence-electron chi connectivity index (χ4n) is 8.60. The Hall–Kier alpha value is -3.89. The molecule has 7 N–H and O–H groups in total. The van der Waals surface area contributed by atoms with Crippen molar-refractivity contribution in [2.24, 2.45) is 11.8 Å². The van der Waals surface area contributed by atoms with Gasteiger partial charge in [-0.25, -0.2) is 9.59 Å². The van der Waals surface area contributed by atoms with E-state index in [1.165, 1.54) is 33.1 Å². The number of ether oxygens (including phenoxy) is 8. The number of phenols is 2. The predicted octanol–water partition coefficient (Wildman–Crippen LogP) is 6.23. The molecule has 3 aliphatic heterocycles. The number of cyclic esters (lactones) is 1. The van der Waals surface area contributed by atoms with Crippen LogP contribution < -0.4 is 0 Å². The lowest BCUT2D eigenvalue weighted by molar-refractivity contribution is -0.333. The van der Waals surface area contributed by atoms with Crippen LogP contribution in [-0.4, -0.2) is 153 Å². The Morgan fingerprint density at radius 1 is 0.903 bits per heavy atom. The first-order valence-electron chi connectivity index (χ1n) is 24.2. The highest BCUT2D eigenvalue weighted by atomic mass is 35.5. The molecule has 20 heteroatoms. The van der Waals surface area contributed by atoms with Crippen LogP contribution in [-0.2, 0) is 53.9 Å². The monoisotopic (exact) mass is 1060 g/mol. The number of allylic oxidation sites excluding steroid dienone is 4. The summed E-state index contributed by atoms with van der Waals surface area (Å²) in [5.74, 6) is -4.78. The van der Waals surface area contributed by atoms with Crippen molar-refractivity contribution in [2.45, 2.75) is 187 Å². The molecule has 3 aliphatic rings. The minimum absolute atomic E-state index is 0.0372. The number of aliphatic hydroxyl groups is 5. The third kappa shape index (κ3) is 14.7. The molecule has 4 rings (SSSR count). The molecule has 0 amide bonds. The molecule has 3 heterocycles. The summed E-state index contributed by atoms with van der Waals surface area (Å²) in [5, 5.41) is 76.5. The highest BCUT2D eigenvalue weighted by Gasteiger charge is 2.53. The van der Waals surface area contributed by atoms with Gasteiger partial charge in [-0.05, 0) is 90.5 Å². The third-order valence-corrected chi connectivity index (χ3v) is 13.8. The SMILES string of the molecule is CCc1c(Cl)c(O)c(Cl)c(O)c1C(=O)O[C@H]1[C@H](O)[C@H](OC)[C@H](OC/C2=C\C=C\C[C@H](O)/C(C)=C\[C@H](CC)[C@@H](O[C@@H]3OC(C)(C)C(OC(=O)C(C)C)[C@H](O)[C@@H]3O)/C(C)=C/C(C)=C/C[C@@H]([C@@H](C)O)OC2=O)O[C@@H]1C. The molecular formula is C52H74Cl2O18. The first-order chi connectivity index (χ1) is 33.7. The summed E-state index contributed by atoms with van der Waals surface area (Å²) in [5.41, 5.74) is 0.318. The van der Waals surface area contributed by atoms with Crippen LogP contribution in [0.5, 0.6) is 11.5 Å². The quantitative estimate of drug-likeness (QED) is 0.0655. The van der Waals surface area contributed by atoms with Gasteiger partial charge in [-0.3, -0.25) is 4.79 Å². The Bertz CT molecular complexity index is 2220. The Balaban J connectivity index is 1.61. The summed E-state index contributed by atoms with van der Waals surface area (Å²) in [7, 11) is 1.26. The normalized spacial score (nSPS) is 34.8. The number of halogens is 2. The van der Waals surface area contributed by atoms with Crippen molar-refractivity contribution < 1.29 is 88.0 Å². The van der Waals surface area contributed by atoms with E-state index in [9.17, 15) is 50.1 Å². The molecule has 1 unspecified atom stereocenters. The molecule has 404 valence electrons. The minimum atomic E-state index is -1.61. The van der Waals surface area contributed by atoms with E-state index in [0.717, 1.165) is 0 Å². The number of aromatic hydroxyl groups is 2. The molecule has 2 saturated heterocycles. The van der Waals surface area contributed by atoms with Crippen LogP contribution in [0.15, 0.2) is 58.7 Å². The molecule has 1 aromatic rings. The average molecular weight is 1060 g/mol. The molecular weight excluding hydrogens is 983 g/mol. The summed E-state index contributed by atoms with van der Waals surface area (Å²) >= 11 is 12.3. The van der Waals surface area contributed by atoms with Gasteiger partial charge in [-0.15, -0.1) is 0 Å². The fourth-order valence-corrected chi connectivity index (χ4v) is 9.16. The van der Waals surface area contributed by atoms with Crippen LogP contribution in [0.4, 0.5) is 0 Å². The lowest BCUT2D eigenvalue weighted by atomic mass is 9.88. The topological polar surface area (TPSA) is 267 Å². The largest absolute Gasteiger partial charge is 0.505 e. The summed E-state index contributed by atoms with van der Waals surface area (Å²) < 4.78 is 47.5. The summed E-state index contributed by atoms with van der Waals surface area (Å²) in [6.07, 6.45) is -5.45. The lowest BCUT2D eigenvalue weighted by Gasteiger charge is -2.47. The zero-order valence-electron chi connectivity index (χ0n) is 43.0. The molecule has 18 nitrogen and oxygen atoms in total. The number of hydrogen-bond donors (Lipinski definition) is 7. The maximum Gasteiger partial charge on any atom is 0.342 e. The van der Waals surface area contributed by atoms with Crippen molar-refractivity contribution in [1.29, 1.82) is 0 Å². The number of methoxy groups -OCH3 is 1. The van der Waals surface area contributed by atoms with Gasteiger partial charge in [0.15, 0.2) is 36.3 Å². The molecule has 0 spiro atoms. The Morgan fingerprint density at radius 3 is 2.17 bits per heavy atom. The van der Waals surface area contributed by atoms with Gasteiger partial charge in [-0.1, -0.05) is 86.9 Å². The van der Waals surface area contributed by atoms with Gasteiger partial charge in [0, 0.05) is 19.4 Å². The number of benzene rings is 1. The molecule has 0 aliphatic carbocycles. The van der Waals surface area contributed by atoms with Crippen molar-refractivity contribution in [1.82, 2.24) is 0 Å². The van der Waals surface area contributed by atoms with Crippen molar-refractivity contribution >= 4 is 41.1 Å². The number of phenolic OH excluding ortho intramolecular Hbond substituents is 2. The highest BCUT2D eigenvalue weighted by molar-refractivity contribution is 6.39. The van der Waals surface area contributed by atoms with Gasteiger partial charge >= 0.3 is 17.9 Å². The van der Waals surface area contributed by atoms with Crippen molar-refractivity contribution in [2.75, 3.05) is 13.7 Å². The standard InChI is InChI=1S/C52H74Cl2O18/c1-13-30-22-26(6)33(56)18-16-15-17-31(23-66-51-45(65-12)42(61)44(29(9)67-51)69-49(64)35-32(14-2)36(53)39(58)37(54)38(35)57)48(63)68-34(28(8)55)20-19-25(5)21-27(7)43(30)70-50-41(60)40(59)46(52(10,11)72-50)71-47(62)24(3)4/h15-17,19,21-22,24,28-30,33-34,40-46,50-51,55-61H,13-14,18,20,23H2,1-12H3/b16-15+,25-19+,26-22-,27-21+,31-17+/t28-,29-,30+,33+,34+,40-,41+,42+,43+,44-,45+,46?,50-,51-/m1/s1. The van der Waals surface area contributed by atoms with E-state index in [4.69, 9.17) is 61.1 Å². The van der Waals surface area contributed by atoms with Crippen molar-refractivity contribution in [3.63, 3.8) is 0 Å². The number of hydrogen-bond acceptors (Lipinski definition) is 18. The number of carbonyl (C=O) groups is 3. The van der Waals surface area contributed by atoms with Crippen molar-refractivity contribution in [3.05, 3.63) is 79.9 Å². The maximum absolute atomic E-state index is 13.9. The Labute approximate surface area is 431 Å². The number of aliphatic hydroxyl groups excluding tert-OH is 5. The van der Waals surface area contributed by atoms with Crippen LogP contribution >= 0.6 is 23.2 Å². The molecule has 0 bridgehead atoms. The molecule has 0 saturated carbocycles. The van der Waals surface area contributed by atoms with Gasteiger partial charge in [0.25, 0.3) is 0 Å². The third-order valence-electron chi connectivity index (χ3n) is 13.0.